The van der Waals surface area contributed by atoms with E-state index in [1.54, 1.807) is 61.5 Å². The smallest absolute Gasteiger partial charge is 0.258 e. The Hall–Kier alpha value is -3.95. The lowest BCUT2D eigenvalue weighted by Gasteiger charge is -2.14. The molecule has 0 saturated carbocycles. The average molecular weight is 562 g/mol. The minimum atomic E-state index is -0.399. The first-order valence-corrected chi connectivity index (χ1v) is 12.5. The Balaban J connectivity index is 1.69. The Labute approximate surface area is 219 Å². The van der Waals surface area contributed by atoms with Gasteiger partial charge in [0.05, 0.1) is 36.0 Å². The number of ketones is 1. The highest BCUT2D eigenvalue weighted by molar-refractivity contribution is 9.10. The van der Waals surface area contributed by atoms with Gasteiger partial charge < -0.3 is 20.2 Å². The lowest BCUT2D eigenvalue weighted by Crippen LogP contribution is -2.16. The zero-order valence-electron chi connectivity index (χ0n) is 19.3. The van der Waals surface area contributed by atoms with E-state index < -0.39 is 5.91 Å². The van der Waals surface area contributed by atoms with E-state index in [1.807, 2.05) is 6.07 Å². The number of halogens is 1. The molecule has 0 unspecified atom stereocenters. The predicted molar refractivity (Wildman–Crippen MR) is 145 cm³/mol. The maximum atomic E-state index is 13.6. The molecule has 0 saturated heterocycles. The first kappa shape index (κ1) is 23.8. The van der Waals surface area contributed by atoms with Gasteiger partial charge in [-0.3, -0.25) is 9.59 Å². The molecule has 3 aromatic heterocycles. The number of aryl methyl sites for hydroxylation is 1. The van der Waals surface area contributed by atoms with Crippen molar-refractivity contribution in [1.29, 1.82) is 0 Å². The van der Waals surface area contributed by atoms with Crippen molar-refractivity contribution in [1.82, 2.24) is 4.98 Å². The number of ether oxygens (including phenoxy) is 1. The molecule has 0 atom stereocenters. The quantitative estimate of drug-likeness (QED) is 0.223. The molecule has 3 N–H and O–H groups in total. The van der Waals surface area contributed by atoms with E-state index in [1.165, 1.54) is 24.7 Å². The van der Waals surface area contributed by atoms with E-state index >= 15 is 0 Å². The molecule has 0 spiro atoms. The topological polar surface area (TPSA) is 107 Å². The Bertz CT molecular complexity index is 1610. The van der Waals surface area contributed by atoms with Gasteiger partial charge in [0.1, 0.15) is 21.2 Å². The third-order valence-corrected chi connectivity index (χ3v) is 7.35. The molecular weight excluding hydrogens is 542 g/mol. The summed E-state index contributed by atoms with van der Waals surface area (Å²) < 4.78 is 12.0. The number of nitrogens with two attached hydrogens (primary N) is 1. The van der Waals surface area contributed by atoms with Gasteiger partial charge in [-0.1, -0.05) is 28.1 Å². The van der Waals surface area contributed by atoms with Gasteiger partial charge in [-0.15, -0.1) is 11.3 Å². The number of rotatable bonds is 6. The van der Waals surface area contributed by atoms with Crippen LogP contribution in [0.3, 0.4) is 0 Å². The van der Waals surface area contributed by atoms with E-state index in [-0.39, 0.29) is 11.5 Å². The van der Waals surface area contributed by atoms with Crippen LogP contribution in [-0.4, -0.2) is 23.8 Å². The largest absolute Gasteiger partial charge is 0.495 e. The molecule has 0 radical (unpaired) electrons. The van der Waals surface area contributed by atoms with Gasteiger partial charge in [0.25, 0.3) is 5.91 Å². The van der Waals surface area contributed by atoms with Crippen molar-refractivity contribution in [3.05, 3.63) is 93.1 Å². The van der Waals surface area contributed by atoms with E-state index in [4.69, 9.17) is 14.9 Å². The standard InChI is InChI=1S/C27H20BrN3O4S/c1-14-20(26(33)31-17-6-3-4-7-18(17)34-2)21(19-8-5-13-35-19)22-23(29)25(36-27(22)30-14)24(32)15-9-11-16(28)12-10-15/h3-13H,29H2,1-2H3,(H,31,33). The van der Waals surface area contributed by atoms with Gasteiger partial charge in [-0.2, -0.15) is 0 Å². The minimum absolute atomic E-state index is 0.217. The highest BCUT2D eigenvalue weighted by atomic mass is 79.9. The summed E-state index contributed by atoms with van der Waals surface area (Å²) in [4.78, 5) is 32.5. The van der Waals surface area contributed by atoms with Gasteiger partial charge in [0, 0.05) is 21.0 Å². The van der Waals surface area contributed by atoms with Crippen molar-refractivity contribution in [2.75, 3.05) is 18.2 Å². The normalized spacial score (nSPS) is 11.0. The molecule has 0 fully saturated rings. The number of anilines is 2. The molecule has 0 bridgehead atoms. The number of hydrogen-bond donors (Lipinski definition) is 2. The van der Waals surface area contributed by atoms with Crippen LogP contribution in [-0.2, 0) is 0 Å². The van der Waals surface area contributed by atoms with Crippen molar-refractivity contribution in [2.45, 2.75) is 6.92 Å². The number of furan rings is 1. The number of carbonyl (C=O) groups is 2. The molecule has 180 valence electrons. The van der Waals surface area contributed by atoms with Crippen LogP contribution in [0.5, 0.6) is 5.75 Å². The summed E-state index contributed by atoms with van der Waals surface area (Å²) in [6, 6.07) is 17.7. The molecule has 9 heteroatoms. The average Bonchev–Trinajstić information content (AvgIpc) is 3.52. The van der Waals surface area contributed by atoms with Crippen LogP contribution in [0.2, 0.25) is 0 Å². The molecular formula is C27H20BrN3O4S. The highest BCUT2D eigenvalue weighted by Crippen LogP contribution is 2.43. The molecule has 1 amide bonds. The fraction of sp³-hybridized carbons (Fsp3) is 0.0741. The molecule has 2 aromatic carbocycles. The van der Waals surface area contributed by atoms with Crippen molar-refractivity contribution in [2.24, 2.45) is 0 Å². The van der Waals surface area contributed by atoms with Crippen molar-refractivity contribution in [3.8, 4) is 17.1 Å². The van der Waals surface area contributed by atoms with Crippen LogP contribution in [0.4, 0.5) is 11.4 Å². The number of methoxy groups -OCH3 is 1. The highest BCUT2D eigenvalue weighted by Gasteiger charge is 2.28. The Kier molecular flexibility index (Phi) is 6.34. The zero-order valence-corrected chi connectivity index (χ0v) is 21.7. The zero-order chi connectivity index (χ0) is 25.4. The molecule has 0 aliphatic carbocycles. The number of thiophene rings is 1. The summed E-state index contributed by atoms with van der Waals surface area (Å²) in [5, 5.41) is 3.42. The summed E-state index contributed by atoms with van der Waals surface area (Å²) in [5.41, 5.74) is 9.11. The molecule has 7 nitrogen and oxygen atoms in total. The summed E-state index contributed by atoms with van der Waals surface area (Å²) in [5.74, 6) is 0.354. The first-order chi connectivity index (χ1) is 17.4. The van der Waals surface area contributed by atoms with Gasteiger partial charge in [0.15, 0.2) is 0 Å². The van der Waals surface area contributed by atoms with Crippen LogP contribution < -0.4 is 15.8 Å². The Morgan fingerprint density at radius 2 is 1.83 bits per heavy atom. The summed E-state index contributed by atoms with van der Waals surface area (Å²) >= 11 is 4.58. The maximum Gasteiger partial charge on any atom is 0.258 e. The Morgan fingerprint density at radius 3 is 2.53 bits per heavy atom. The van der Waals surface area contributed by atoms with Gasteiger partial charge in [0.2, 0.25) is 5.78 Å². The van der Waals surface area contributed by atoms with Gasteiger partial charge >= 0.3 is 0 Å². The predicted octanol–water partition coefficient (Wildman–Crippen LogP) is 6.70. The summed E-state index contributed by atoms with van der Waals surface area (Å²) in [7, 11) is 1.54. The number of nitrogens with zero attached hydrogens (tertiary/aromatic N) is 1. The first-order valence-electron chi connectivity index (χ1n) is 10.9. The van der Waals surface area contributed by atoms with Crippen molar-refractivity contribution in [3.63, 3.8) is 0 Å². The number of nitrogen functional groups attached to an aromatic ring is 1. The van der Waals surface area contributed by atoms with E-state index in [2.05, 4.69) is 26.2 Å². The molecule has 5 aromatic rings. The van der Waals surface area contributed by atoms with Gasteiger partial charge in [-0.25, -0.2) is 4.98 Å². The number of nitrogens with one attached hydrogen (secondary N) is 1. The fourth-order valence-electron chi connectivity index (χ4n) is 4.04. The van der Waals surface area contributed by atoms with Crippen LogP contribution in [0.1, 0.15) is 31.3 Å². The second kappa shape index (κ2) is 9.60. The van der Waals surface area contributed by atoms with Crippen LogP contribution in [0.15, 0.2) is 75.8 Å². The van der Waals surface area contributed by atoms with Crippen molar-refractivity contribution >= 4 is 60.5 Å². The Morgan fingerprint density at radius 1 is 1.08 bits per heavy atom. The number of para-hydroxylation sites is 2. The SMILES string of the molecule is COc1ccccc1NC(=O)c1c(C)nc2sc(C(=O)c3ccc(Br)cc3)c(N)c2c1-c1ccco1. The molecule has 3 heterocycles. The summed E-state index contributed by atoms with van der Waals surface area (Å²) in [6.45, 7) is 1.75. The van der Waals surface area contributed by atoms with Crippen LogP contribution >= 0.6 is 27.3 Å². The maximum absolute atomic E-state index is 13.6. The number of carbonyl (C=O) groups excluding carboxylic acids is 2. The fourth-order valence-corrected chi connectivity index (χ4v) is 5.42. The monoisotopic (exact) mass is 561 g/mol. The number of benzene rings is 2. The summed E-state index contributed by atoms with van der Waals surface area (Å²) in [6.07, 6.45) is 1.52. The molecule has 0 aliphatic heterocycles. The van der Waals surface area contributed by atoms with Crippen LogP contribution in [0.25, 0.3) is 21.5 Å². The minimum Gasteiger partial charge on any atom is -0.495 e. The van der Waals surface area contributed by atoms with E-state index in [0.717, 1.165) is 4.47 Å². The molecule has 0 aliphatic rings. The van der Waals surface area contributed by atoms with Gasteiger partial charge in [-0.05, 0) is 55.5 Å². The number of aromatic nitrogens is 1. The van der Waals surface area contributed by atoms with E-state index in [9.17, 15) is 9.59 Å². The number of fused-ring (bicyclic) bond motifs is 1. The van der Waals surface area contributed by atoms with E-state index in [0.29, 0.717) is 54.7 Å². The third-order valence-electron chi connectivity index (χ3n) is 5.72. The molecule has 5 rings (SSSR count). The number of pyridine rings is 1. The number of hydrogen-bond acceptors (Lipinski definition) is 7. The van der Waals surface area contributed by atoms with Crippen molar-refractivity contribution < 1.29 is 18.7 Å². The third kappa shape index (κ3) is 4.16. The lowest BCUT2D eigenvalue weighted by atomic mass is 9.98. The second-order valence-corrected chi connectivity index (χ2v) is 9.85. The molecule has 36 heavy (non-hydrogen) atoms. The lowest BCUT2D eigenvalue weighted by molar-refractivity contribution is 0.102. The second-order valence-electron chi connectivity index (χ2n) is 7.94. The van der Waals surface area contributed by atoms with Crippen LogP contribution in [0, 0.1) is 6.92 Å². The number of amides is 1.